The van der Waals surface area contributed by atoms with Gasteiger partial charge in [0.2, 0.25) is 0 Å². The Labute approximate surface area is 110 Å². The van der Waals surface area contributed by atoms with Gasteiger partial charge in [0, 0.05) is 18.6 Å². The molecule has 0 saturated heterocycles. The van der Waals surface area contributed by atoms with E-state index >= 15 is 0 Å². The number of carboxylic acid groups (broad SMARTS) is 1. The van der Waals surface area contributed by atoms with E-state index in [1.807, 2.05) is 13.8 Å². The number of carbonyl (C=O) groups is 2. The van der Waals surface area contributed by atoms with E-state index in [9.17, 15) is 9.59 Å². The summed E-state index contributed by atoms with van der Waals surface area (Å²) in [5.41, 5.74) is 0.0740. The second-order valence-corrected chi connectivity index (χ2v) is 4.87. The van der Waals surface area contributed by atoms with Gasteiger partial charge in [-0.05, 0) is 12.1 Å². The molecule has 0 aromatic carbocycles. The molecule has 0 saturated carbocycles. The van der Waals surface area contributed by atoms with Gasteiger partial charge in [-0.25, -0.2) is 9.78 Å². The summed E-state index contributed by atoms with van der Waals surface area (Å²) < 4.78 is 0. The van der Waals surface area contributed by atoms with Crippen molar-refractivity contribution < 1.29 is 19.8 Å². The number of aliphatic hydroxyl groups excluding tert-OH is 1. The van der Waals surface area contributed by atoms with Gasteiger partial charge in [-0.1, -0.05) is 13.8 Å². The fourth-order valence-electron chi connectivity index (χ4n) is 1.19. The number of nitrogens with zero attached hydrogens (tertiary/aromatic N) is 1. The highest BCUT2D eigenvalue weighted by molar-refractivity contribution is 5.92. The van der Waals surface area contributed by atoms with E-state index in [-0.39, 0.29) is 18.2 Å². The summed E-state index contributed by atoms with van der Waals surface area (Å²) >= 11 is 0. The lowest BCUT2D eigenvalue weighted by Gasteiger charge is -2.21. The second-order valence-electron chi connectivity index (χ2n) is 4.87. The van der Waals surface area contributed by atoms with Crippen LogP contribution in [0.1, 0.15) is 24.3 Å². The summed E-state index contributed by atoms with van der Waals surface area (Å²) in [5.74, 6) is -0.372. The molecule has 0 spiro atoms. The molecule has 0 aliphatic rings. The van der Waals surface area contributed by atoms with Crippen LogP contribution in [0.3, 0.4) is 0 Å². The minimum Gasteiger partial charge on any atom is -0.465 e. The van der Waals surface area contributed by atoms with Crippen LogP contribution in [0.5, 0.6) is 0 Å². The Morgan fingerprint density at radius 3 is 2.53 bits per heavy atom. The van der Waals surface area contributed by atoms with Crippen LogP contribution in [0.25, 0.3) is 0 Å². The summed E-state index contributed by atoms with van der Waals surface area (Å²) in [4.78, 5) is 26.0. The number of nitrogens with one attached hydrogen (secondary N) is 2. The zero-order valence-corrected chi connectivity index (χ0v) is 10.8. The lowest BCUT2D eigenvalue weighted by Crippen LogP contribution is -2.36. The highest BCUT2D eigenvalue weighted by Gasteiger charge is 2.18. The standard InChI is InChI=1S/C12H17N3O4/c1-12(2,7-16)6-14-10(17)9-4-3-8(5-13-9)15-11(18)19/h3-5,15-16H,6-7H2,1-2H3,(H,14,17)(H,18,19). The van der Waals surface area contributed by atoms with Gasteiger partial charge in [0.25, 0.3) is 5.91 Å². The van der Waals surface area contributed by atoms with Crippen molar-refractivity contribution in [2.24, 2.45) is 5.41 Å². The fourth-order valence-corrected chi connectivity index (χ4v) is 1.19. The lowest BCUT2D eigenvalue weighted by atomic mass is 9.95. The number of amides is 2. The maximum atomic E-state index is 11.7. The van der Waals surface area contributed by atoms with Crippen LogP contribution in [0.2, 0.25) is 0 Å². The third kappa shape index (κ3) is 4.92. The number of carbonyl (C=O) groups excluding carboxylic acids is 1. The third-order valence-corrected chi connectivity index (χ3v) is 2.40. The molecule has 0 aliphatic carbocycles. The first kappa shape index (κ1) is 14.9. The van der Waals surface area contributed by atoms with E-state index in [1.54, 1.807) is 0 Å². The number of rotatable bonds is 5. The van der Waals surface area contributed by atoms with Gasteiger partial charge in [0.1, 0.15) is 5.69 Å². The molecule has 7 heteroatoms. The highest BCUT2D eigenvalue weighted by atomic mass is 16.4. The van der Waals surface area contributed by atoms with Crippen LogP contribution in [-0.2, 0) is 0 Å². The van der Waals surface area contributed by atoms with Gasteiger partial charge in [-0.15, -0.1) is 0 Å². The molecule has 0 atom stereocenters. The minimum atomic E-state index is -1.19. The molecule has 19 heavy (non-hydrogen) atoms. The predicted molar refractivity (Wildman–Crippen MR) is 69.1 cm³/mol. The third-order valence-electron chi connectivity index (χ3n) is 2.40. The zero-order chi connectivity index (χ0) is 14.5. The lowest BCUT2D eigenvalue weighted by molar-refractivity contribution is 0.0906. The smallest absolute Gasteiger partial charge is 0.409 e. The van der Waals surface area contributed by atoms with Crippen molar-refractivity contribution in [3.63, 3.8) is 0 Å². The van der Waals surface area contributed by atoms with Crippen LogP contribution < -0.4 is 10.6 Å². The topological polar surface area (TPSA) is 112 Å². The van der Waals surface area contributed by atoms with E-state index in [2.05, 4.69) is 15.6 Å². The van der Waals surface area contributed by atoms with Gasteiger partial charge >= 0.3 is 6.09 Å². The van der Waals surface area contributed by atoms with Crippen molar-refractivity contribution in [3.8, 4) is 0 Å². The molecule has 0 bridgehead atoms. The summed E-state index contributed by atoms with van der Waals surface area (Å²) in [6, 6.07) is 2.87. The Bertz CT molecular complexity index is 457. The number of hydrogen-bond acceptors (Lipinski definition) is 4. The Balaban J connectivity index is 2.60. The molecular formula is C12H17N3O4. The fraction of sp³-hybridized carbons (Fsp3) is 0.417. The maximum absolute atomic E-state index is 11.7. The summed E-state index contributed by atoms with van der Waals surface area (Å²) in [5, 5.41) is 22.3. The molecular weight excluding hydrogens is 250 g/mol. The molecule has 0 aliphatic heterocycles. The summed E-state index contributed by atoms with van der Waals surface area (Å²) in [6.45, 7) is 3.92. The molecule has 7 nitrogen and oxygen atoms in total. The monoisotopic (exact) mass is 267 g/mol. The second kappa shape index (κ2) is 6.14. The normalized spacial score (nSPS) is 10.9. The van der Waals surface area contributed by atoms with Gasteiger partial charge in [0.15, 0.2) is 0 Å². The van der Waals surface area contributed by atoms with Gasteiger partial charge < -0.3 is 15.5 Å². The van der Waals surface area contributed by atoms with E-state index < -0.39 is 11.5 Å². The number of hydrogen-bond donors (Lipinski definition) is 4. The average molecular weight is 267 g/mol. The molecule has 1 aromatic rings. The van der Waals surface area contributed by atoms with Gasteiger partial charge in [0.05, 0.1) is 11.9 Å². The van der Waals surface area contributed by atoms with Crippen LogP contribution in [-0.4, -0.2) is 40.3 Å². The molecule has 2 amide bonds. The van der Waals surface area contributed by atoms with Crippen LogP contribution >= 0.6 is 0 Å². The Kier molecular flexibility index (Phi) is 4.82. The van der Waals surface area contributed by atoms with Crippen LogP contribution in [0.15, 0.2) is 18.3 Å². The van der Waals surface area contributed by atoms with Crippen molar-refractivity contribution in [2.45, 2.75) is 13.8 Å². The molecule has 0 unspecified atom stereocenters. The van der Waals surface area contributed by atoms with Crippen LogP contribution in [0, 0.1) is 5.41 Å². The van der Waals surface area contributed by atoms with E-state index in [0.717, 1.165) is 0 Å². The van der Waals surface area contributed by atoms with Crippen molar-refractivity contribution in [3.05, 3.63) is 24.0 Å². The predicted octanol–water partition coefficient (Wildman–Crippen LogP) is 0.920. The Morgan fingerprint density at radius 1 is 1.37 bits per heavy atom. The number of pyridine rings is 1. The first-order valence-electron chi connectivity index (χ1n) is 5.69. The number of aromatic nitrogens is 1. The summed E-state index contributed by atoms with van der Waals surface area (Å²) in [6.07, 6.45) is 0.0731. The minimum absolute atomic E-state index is 0.0395. The first-order chi connectivity index (χ1) is 8.84. The highest BCUT2D eigenvalue weighted by Crippen LogP contribution is 2.12. The quantitative estimate of drug-likeness (QED) is 0.634. The van der Waals surface area contributed by atoms with Crippen molar-refractivity contribution in [1.82, 2.24) is 10.3 Å². The molecule has 0 radical (unpaired) electrons. The zero-order valence-electron chi connectivity index (χ0n) is 10.8. The number of anilines is 1. The Hall–Kier alpha value is -2.15. The van der Waals surface area contributed by atoms with E-state index in [0.29, 0.717) is 12.2 Å². The molecule has 1 aromatic heterocycles. The first-order valence-corrected chi connectivity index (χ1v) is 5.69. The molecule has 1 rings (SSSR count). The molecule has 4 N–H and O–H groups in total. The van der Waals surface area contributed by atoms with Gasteiger partial charge in [-0.3, -0.25) is 10.1 Å². The summed E-state index contributed by atoms with van der Waals surface area (Å²) in [7, 11) is 0. The van der Waals surface area contributed by atoms with Gasteiger partial charge in [-0.2, -0.15) is 0 Å². The van der Waals surface area contributed by atoms with Crippen molar-refractivity contribution in [1.29, 1.82) is 0 Å². The average Bonchev–Trinajstić information content (AvgIpc) is 2.36. The van der Waals surface area contributed by atoms with Crippen LogP contribution in [0.4, 0.5) is 10.5 Å². The van der Waals surface area contributed by atoms with Crippen molar-refractivity contribution in [2.75, 3.05) is 18.5 Å². The molecule has 0 fully saturated rings. The SMILES string of the molecule is CC(C)(CO)CNC(=O)c1ccc(NC(=O)O)cn1. The molecule has 1 heterocycles. The number of aliphatic hydroxyl groups is 1. The molecule has 104 valence electrons. The maximum Gasteiger partial charge on any atom is 0.409 e. The Morgan fingerprint density at radius 2 is 2.05 bits per heavy atom. The largest absolute Gasteiger partial charge is 0.465 e. The van der Waals surface area contributed by atoms with E-state index in [1.165, 1.54) is 18.3 Å². The van der Waals surface area contributed by atoms with Crippen molar-refractivity contribution >= 4 is 17.7 Å². The van der Waals surface area contributed by atoms with E-state index in [4.69, 9.17) is 10.2 Å².